The number of rotatable bonds is 7. The van der Waals surface area contributed by atoms with Gasteiger partial charge in [-0.1, -0.05) is 19.9 Å². The minimum absolute atomic E-state index is 0.0958. The zero-order valence-electron chi connectivity index (χ0n) is 17.6. The third-order valence-electron chi connectivity index (χ3n) is 5.12. The number of nitrogens with one attached hydrogen (secondary N) is 2. The Kier molecular flexibility index (Phi) is 7.41. The maximum atomic E-state index is 13.2. The second-order valence-electron chi connectivity index (χ2n) is 7.83. The van der Waals surface area contributed by atoms with E-state index in [4.69, 9.17) is 4.42 Å². The van der Waals surface area contributed by atoms with Gasteiger partial charge in [0.25, 0.3) is 5.91 Å². The Morgan fingerprint density at radius 2 is 1.84 bits per heavy atom. The van der Waals surface area contributed by atoms with Crippen LogP contribution in [0.25, 0.3) is 0 Å². The molecule has 0 radical (unpaired) electrons. The minimum Gasteiger partial charge on any atom is -0.459 e. The molecule has 8 nitrogen and oxygen atoms in total. The number of nitrogens with zero attached hydrogens (tertiary/aromatic N) is 2. The molecule has 1 aliphatic heterocycles. The van der Waals surface area contributed by atoms with Gasteiger partial charge in [0.15, 0.2) is 5.76 Å². The van der Waals surface area contributed by atoms with E-state index >= 15 is 0 Å². The molecule has 2 N–H and O–H groups in total. The molecule has 1 aromatic carbocycles. The van der Waals surface area contributed by atoms with Crippen molar-refractivity contribution in [3.05, 3.63) is 54.2 Å². The van der Waals surface area contributed by atoms with Crippen LogP contribution in [0.4, 0.5) is 10.1 Å². The van der Waals surface area contributed by atoms with Gasteiger partial charge in [-0.25, -0.2) is 4.39 Å². The minimum atomic E-state index is -0.666. The molecule has 1 aromatic heterocycles. The largest absolute Gasteiger partial charge is 0.459 e. The van der Waals surface area contributed by atoms with Crippen LogP contribution in [0.5, 0.6) is 0 Å². The van der Waals surface area contributed by atoms with Crippen LogP contribution < -0.4 is 10.6 Å². The Morgan fingerprint density at radius 3 is 2.45 bits per heavy atom. The van der Waals surface area contributed by atoms with Crippen LogP contribution >= 0.6 is 0 Å². The lowest BCUT2D eigenvalue weighted by Crippen LogP contribution is -2.57. The summed E-state index contributed by atoms with van der Waals surface area (Å²) in [4.78, 5) is 41.2. The third kappa shape index (κ3) is 6.14. The summed E-state index contributed by atoms with van der Waals surface area (Å²) in [5.41, 5.74) is 0.408. The van der Waals surface area contributed by atoms with Crippen molar-refractivity contribution in [3.8, 4) is 0 Å². The summed E-state index contributed by atoms with van der Waals surface area (Å²) in [7, 11) is 0. The van der Waals surface area contributed by atoms with Gasteiger partial charge in [0.2, 0.25) is 11.8 Å². The molecule has 9 heteroatoms. The molecule has 1 atom stereocenters. The Morgan fingerprint density at radius 1 is 1.10 bits per heavy atom. The number of furan rings is 1. The predicted molar refractivity (Wildman–Crippen MR) is 113 cm³/mol. The molecule has 3 rings (SSSR count). The highest BCUT2D eigenvalue weighted by Gasteiger charge is 2.31. The molecular weight excluding hydrogens is 403 g/mol. The molecule has 2 heterocycles. The zero-order valence-corrected chi connectivity index (χ0v) is 17.6. The van der Waals surface area contributed by atoms with Crippen molar-refractivity contribution < 1.29 is 23.2 Å². The molecule has 0 saturated carbocycles. The average Bonchev–Trinajstić information content (AvgIpc) is 3.27. The van der Waals surface area contributed by atoms with Gasteiger partial charge in [-0.05, 0) is 36.2 Å². The number of benzene rings is 1. The summed E-state index contributed by atoms with van der Waals surface area (Å²) < 4.78 is 18.3. The van der Waals surface area contributed by atoms with Crippen LogP contribution in [-0.2, 0) is 9.59 Å². The van der Waals surface area contributed by atoms with E-state index in [1.54, 1.807) is 23.1 Å². The standard InChI is InChI=1S/C22H27FN4O4/c1-15(2)20(25-21(29)18-7-4-12-31-18)22(30)27-10-8-26(9-11-27)14-19(28)24-17-6-3-5-16(23)13-17/h3-7,12-13,15,20H,8-11,14H2,1-2H3,(H,24,28)(H,25,29)/t20-/m1/s1. The van der Waals surface area contributed by atoms with E-state index in [1.165, 1.54) is 24.5 Å². The number of anilines is 1. The van der Waals surface area contributed by atoms with Gasteiger partial charge in [-0.2, -0.15) is 0 Å². The second kappa shape index (κ2) is 10.2. The van der Waals surface area contributed by atoms with Crippen molar-refractivity contribution in [2.24, 2.45) is 5.92 Å². The molecule has 31 heavy (non-hydrogen) atoms. The summed E-state index contributed by atoms with van der Waals surface area (Å²) in [5, 5.41) is 5.43. The van der Waals surface area contributed by atoms with E-state index in [2.05, 4.69) is 10.6 Å². The lowest BCUT2D eigenvalue weighted by Gasteiger charge is -2.37. The first kappa shape index (κ1) is 22.5. The van der Waals surface area contributed by atoms with Crippen molar-refractivity contribution in [1.82, 2.24) is 15.1 Å². The van der Waals surface area contributed by atoms with Crippen molar-refractivity contribution >= 4 is 23.4 Å². The van der Waals surface area contributed by atoms with Gasteiger partial charge in [0.05, 0.1) is 12.8 Å². The molecule has 0 aliphatic carbocycles. The summed E-state index contributed by atoms with van der Waals surface area (Å²) >= 11 is 0. The Balaban J connectivity index is 1.49. The normalized spacial score (nSPS) is 15.5. The van der Waals surface area contributed by atoms with Crippen molar-refractivity contribution in [2.75, 3.05) is 38.0 Å². The topological polar surface area (TPSA) is 94.9 Å². The molecule has 1 aliphatic rings. The third-order valence-corrected chi connectivity index (χ3v) is 5.12. The maximum Gasteiger partial charge on any atom is 0.287 e. The Hall–Kier alpha value is -3.20. The fraction of sp³-hybridized carbons (Fsp3) is 0.409. The number of piperazine rings is 1. The number of hydrogen-bond acceptors (Lipinski definition) is 5. The highest BCUT2D eigenvalue weighted by molar-refractivity contribution is 5.95. The van der Waals surface area contributed by atoms with E-state index in [0.717, 1.165) is 0 Å². The van der Waals surface area contributed by atoms with Gasteiger partial charge < -0.3 is 20.0 Å². The zero-order chi connectivity index (χ0) is 22.4. The van der Waals surface area contributed by atoms with Gasteiger partial charge in [-0.15, -0.1) is 0 Å². The first-order chi connectivity index (χ1) is 14.8. The fourth-order valence-electron chi connectivity index (χ4n) is 3.43. The van der Waals surface area contributed by atoms with E-state index in [-0.39, 0.29) is 30.0 Å². The summed E-state index contributed by atoms with van der Waals surface area (Å²) in [6, 6.07) is 8.23. The van der Waals surface area contributed by atoms with E-state index in [1.807, 2.05) is 18.7 Å². The van der Waals surface area contributed by atoms with E-state index in [9.17, 15) is 18.8 Å². The lowest BCUT2D eigenvalue weighted by atomic mass is 10.0. The number of halogens is 1. The number of amides is 3. The SMILES string of the molecule is CC(C)[C@@H](NC(=O)c1ccco1)C(=O)N1CCN(CC(=O)Nc2cccc(F)c2)CC1. The van der Waals surface area contributed by atoms with Gasteiger partial charge in [0.1, 0.15) is 11.9 Å². The molecular formula is C22H27FN4O4. The van der Waals surface area contributed by atoms with E-state index in [0.29, 0.717) is 31.9 Å². The highest BCUT2D eigenvalue weighted by atomic mass is 19.1. The lowest BCUT2D eigenvalue weighted by molar-refractivity contribution is -0.136. The van der Waals surface area contributed by atoms with Crippen molar-refractivity contribution in [1.29, 1.82) is 0 Å². The maximum absolute atomic E-state index is 13.2. The quantitative estimate of drug-likeness (QED) is 0.700. The first-order valence-electron chi connectivity index (χ1n) is 10.2. The molecule has 1 saturated heterocycles. The molecule has 0 bridgehead atoms. The summed E-state index contributed by atoms with van der Waals surface area (Å²) in [6.45, 7) is 5.85. The fourth-order valence-corrected chi connectivity index (χ4v) is 3.43. The van der Waals surface area contributed by atoms with Crippen LogP contribution in [0.15, 0.2) is 47.1 Å². The Labute approximate surface area is 180 Å². The van der Waals surface area contributed by atoms with Crippen LogP contribution in [0.3, 0.4) is 0 Å². The molecule has 166 valence electrons. The molecule has 0 spiro atoms. The smallest absolute Gasteiger partial charge is 0.287 e. The number of carbonyl (C=O) groups excluding carboxylic acids is 3. The average molecular weight is 430 g/mol. The molecule has 2 aromatic rings. The van der Waals surface area contributed by atoms with E-state index < -0.39 is 17.8 Å². The number of hydrogen-bond donors (Lipinski definition) is 2. The van der Waals surface area contributed by atoms with Crippen LogP contribution in [0.2, 0.25) is 0 Å². The van der Waals surface area contributed by atoms with Crippen LogP contribution in [-0.4, -0.2) is 66.3 Å². The molecule has 1 fully saturated rings. The van der Waals surface area contributed by atoms with Crippen LogP contribution in [0, 0.1) is 11.7 Å². The number of carbonyl (C=O) groups is 3. The van der Waals surface area contributed by atoms with Gasteiger partial charge in [-0.3, -0.25) is 19.3 Å². The molecule has 0 unspecified atom stereocenters. The van der Waals surface area contributed by atoms with Crippen molar-refractivity contribution in [3.63, 3.8) is 0 Å². The Bertz CT molecular complexity index is 908. The van der Waals surface area contributed by atoms with Crippen LogP contribution in [0.1, 0.15) is 24.4 Å². The van der Waals surface area contributed by atoms with Crippen molar-refractivity contribution in [2.45, 2.75) is 19.9 Å². The highest BCUT2D eigenvalue weighted by Crippen LogP contribution is 2.12. The van der Waals surface area contributed by atoms with Gasteiger partial charge in [0, 0.05) is 31.9 Å². The predicted octanol–water partition coefficient (Wildman–Crippen LogP) is 1.96. The summed E-state index contributed by atoms with van der Waals surface area (Å²) in [6.07, 6.45) is 1.41. The van der Waals surface area contributed by atoms with Gasteiger partial charge >= 0.3 is 0 Å². The second-order valence-corrected chi connectivity index (χ2v) is 7.83. The first-order valence-corrected chi connectivity index (χ1v) is 10.2. The molecule has 3 amide bonds. The monoisotopic (exact) mass is 430 g/mol. The summed E-state index contributed by atoms with van der Waals surface area (Å²) in [5.74, 6) is -1.17.